The van der Waals surface area contributed by atoms with E-state index in [1.165, 1.54) is 10.8 Å². The largest absolute Gasteiger partial charge is 0.331 e. The molecule has 28 heavy (non-hydrogen) atoms. The molecular weight excluding hydrogens is 362 g/mol. The Bertz CT molecular complexity index is 1090. The number of amides is 2. The van der Waals surface area contributed by atoms with Crippen LogP contribution < -0.4 is 21.5 Å². The maximum atomic E-state index is 12.5. The highest BCUT2D eigenvalue weighted by Gasteiger charge is 2.24. The maximum absolute atomic E-state index is 12.5. The van der Waals surface area contributed by atoms with Crippen molar-refractivity contribution >= 4 is 23.2 Å². The minimum absolute atomic E-state index is 0.0227. The topological polar surface area (TPSA) is 117 Å². The fraction of sp³-hybridized carbons (Fsp3) is 0.316. The number of nitrogens with zero attached hydrogens (tertiary/aromatic N) is 4. The molecule has 144 valence electrons. The van der Waals surface area contributed by atoms with E-state index in [-0.39, 0.29) is 18.0 Å². The van der Waals surface area contributed by atoms with Gasteiger partial charge in [-0.15, -0.1) is 0 Å². The Balaban J connectivity index is 1.89. The Morgan fingerprint density at radius 2 is 2.00 bits per heavy atom. The van der Waals surface area contributed by atoms with Gasteiger partial charge in [-0.05, 0) is 25.5 Å². The molecule has 0 spiro atoms. The van der Waals surface area contributed by atoms with Crippen LogP contribution in [0.2, 0.25) is 0 Å². The summed E-state index contributed by atoms with van der Waals surface area (Å²) in [5.41, 5.74) is -0.692. The van der Waals surface area contributed by atoms with Gasteiger partial charge in [0, 0.05) is 25.7 Å². The van der Waals surface area contributed by atoms with Gasteiger partial charge >= 0.3 is 5.69 Å². The number of aromatic nitrogens is 2. The van der Waals surface area contributed by atoms with Crippen LogP contribution in [0.15, 0.2) is 40.1 Å². The molecule has 1 N–H and O–H groups in total. The highest BCUT2D eigenvalue weighted by molar-refractivity contribution is 6.02. The molecule has 0 atom stereocenters. The van der Waals surface area contributed by atoms with E-state index in [4.69, 9.17) is 5.26 Å². The lowest BCUT2D eigenvalue weighted by Crippen LogP contribution is -2.43. The van der Waals surface area contributed by atoms with Crippen LogP contribution >= 0.6 is 0 Å². The third-order valence-corrected chi connectivity index (χ3v) is 4.54. The standard InChI is InChI=1S/C19H19N5O4/c1-2-22-11-13(10-20)18(27)24(19(22)28)12-16(25)21-14-6-3-4-7-15(14)23-9-5-8-17(23)26/h3-4,6-7,11H,2,5,8-9,12H2,1H3,(H,21,25). The predicted octanol–water partition coefficient (Wildman–Crippen LogP) is 0.667. The number of hydrogen-bond acceptors (Lipinski definition) is 5. The number of para-hydroxylation sites is 2. The van der Waals surface area contributed by atoms with Crippen molar-refractivity contribution in [1.29, 1.82) is 5.26 Å². The highest BCUT2D eigenvalue weighted by Crippen LogP contribution is 2.29. The van der Waals surface area contributed by atoms with Gasteiger partial charge in [-0.2, -0.15) is 5.26 Å². The van der Waals surface area contributed by atoms with Crippen molar-refractivity contribution in [3.8, 4) is 6.07 Å². The van der Waals surface area contributed by atoms with Gasteiger partial charge in [0.1, 0.15) is 18.2 Å². The van der Waals surface area contributed by atoms with E-state index < -0.39 is 23.7 Å². The number of carbonyl (C=O) groups is 2. The van der Waals surface area contributed by atoms with Crippen LogP contribution in [-0.4, -0.2) is 27.5 Å². The molecule has 9 heteroatoms. The third-order valence-electron chi connectivity index (χ3n) is 4.54. The summed E-state index contributed by atoms with van der Waals surface area (Å²) in [4.78, 5) is 50.8. The molecule has 2 amide bonds. The molecule has 1 aromatic heterocycles. The Morgan fingerprint density at radius 1 is 1.25 bits per heavy atom. The number of aryl methyl sites for hydroxylation is 1. The molecule has 3 rings (SSSR count). The zero-order valence-electron chi connectivity index (χ0n) is 15.3. The van der Waals surface area contributed by atoms with E-state index in [0.717, 1.165) is 11.0 Å². The quantitative estimate of drug-likeness (QED) is 0.817. The second-order valence-corrected chi connectivity index (χ2v) is 6.33. The number of nitrogens with one attached hydrogen (secondary N) is 1. The SMILES string of the molecule is CCn1cc(C#N)c(=O)n(CC(=O)Nc2ccccc2N2CCCC2=O)c1=O. The van der Waals surface area contributed by atoms with E-state index in [0.29, 0.717) is 24.3 Å². The van der Waals surface area contributed by atoms with Crippen LogP contribution in [0.5, 0.6) is 0 Å². The van der Waals surface area contributed by atoms with E-state index in [1.807, 2.05) is 0 Å². The van der Waals surface area contributed by atoms with Crippen molar-refractivity contribution in [3.63, 3.8) is 0 Å². The lowest BCUT2D eigenvalue weighted by atomic mass is 10.2. The summed E-state index contributed by atoms with van der Waals surface area (Å²) < 4.78 is 1.94. The predicted molar refractivity (Wildman–Crippen MR) is 102 cm³/mol. The van der Waals surface area contributed by atoms with Gasteiger partial charge in [0.15, 0.2) is 0 Å². The zero-order chi connectivity index (χ0) is 20.3. The second kappa shape index (κ2) is 7.92. The van der Waals surface area contributed by atoms with Crippen LogP contribution in [0.1, 0.15) is 25.3 Å². The van der Waals surface area contributed by atoms with Crippen LogP contribution in [0, 0.1) is 11.3 Å². The average Bonchev–Trinajstić information content (AvgIpc) is 3.11. The van der Waals surface area contributed by atoms with Crippen LogP contribution in [0.4, 0.5) is 11.4 Å². The van der Waals surface area contributed by atoms with Crippen molar-refractivity contribution in [2.24, 2.45) is 0 Å². The summed E-state index contributed by atoms with van der Waals surface area (Å²) in [5.74, 6) is -0.624. The van der Waals surface area contributed by atoms with Crippen molar-refractivity contribution in [2.75, 3.05) is 16.8 Å². The Kier molecular flexibility index (Phi) is 5.40. The van der Waals surface area contributed by atoms with Gasteiger partial charge in [-0.25, -0.2) is 9.36 Å². The van der Waals surface area contributed by atoms with Gasteiger partial charge in [-0.3, -0.25) is 19.0 Å². The molecule has 0 bridgehead atoms. The lowest BCUT2D eigenvalue weighted by Gasteiger charge is -2.20. The first-order valence-electron chi connectivity index (χ1n) is 8.90. The third kappa shape index (κ3) is 3.57. The molecule has 1 aromatic carbocycles. The zero-order valence-corrected chi connectivity index (χ0v) is 15.3. The van der Waals surface area contributed by atoms with Crippen LogP contribution in [-0.2, 0) is 22.7 Å². The van der Waals surface area contributed by atoms with Crippen LogP contribution in [0.25, 0.3) is 0 Å². The van der Waals surface area contributed by atoms with E-state index in [1.54, 1.807) is 42.2 Å². The van der Waals surface area contributed by atoms with Gasteiger partial charge in [-0.1, -0.05) is 12.1 Å². The fourth-order valence-corrected chi connectivity index (χ4v) is 3.15. The summed E-state index contributed by atoms with van der Waals surface area (Å²) in [6, 6.07) is 8.60. The molecule has 0 aliphatic carbocycles. The molecule has 1 aliphatic rings. The first kappa shape index (κ1) is 19.1. The molecule has 2 aromatic rings. The number of hydrogen-bond donors (Lipinski definition) is 1. The molecule has 1 saturated heterocycles. The Labute approximate surface area is 160 Å². The summed E-state index contributed by atoms with van der Waals surface area (Å²) in [7, 11) is 0. The highest BCUT2D eigenvalue weighted by atomic mass is 16.2. The van der Waals surface area contributed by atoms with E-state index >= 15 is 0 Å². The Hall–Kier alpha value is -3.67. The average molecular weight is 381 g/mol. The number of carbonyl (C=O) groups excluding carboxylic acids is 2. The first-order chi connectivity index (χ1) is 13.5. The molecule has 9 nitrogen and oxygen atoms in total. The molecule has 0 saturated carbocycles. The summed E-state index contributed by atoms with van der Waals surface area (Å²) >= 11 is 0. The molecule has 2 heterocycles. The number of benzene rings is 1. The van der Waals surface area contributed by atoms with Crippen molar-refractivity contribution < 1.29 is 9.59 Å². The maximum Gasteiger partial charge on any atom is 0.331 e. The van der Waals surface area contributed by atoms with Gasteiger partial charge in [0.2, 0.25) is 11.8 Å². The molecular formula is C19H19N5O4. The normalized spacial score (nSPS) is 13.4. The van der Waals surface area contributed by atoms with E-state index in [9.17, 15) is 19.2 Å². The van der Waals surface area contributed by atoms with Crippen molar-refractivity contribution in [2.45, 2.75) is 32.9 Å². The summed E-state index contributed by atoms with van der Waals surface area (Å²) in [6.45, 7) is 1.99. The second-order valence-electron chi connectivity index (χ2n) is 6.33. The Morgan fingerprint density at radius 3 is 2.64 bits per heavy atom. The number of rotatable bonds is 5. The smallest absolute Gasteiger partial charge is 0.323 e. The lowest BCUT2D eigenvalue weighted by molar-refractivity contribution is -0.118. The molecule has 0 unspecified atom stereocenters. The minimum Gasteiger partial charge on any atom is -0.323 e. The van der Waals surface area contributed by atoms with Crippen molar-refractivity contribution in [1.82, 2.24) is 9.13 Å². The molecule has 1 aliphatic heterocycles. The molecule has 0 radical (unpaired) electrons. The molecule has 1 fully saturated rings. The van der Waals surface area contributed by atoms with Crippen molar-refractivity contribution in [3.05, 3.63) is 56.9 Å². The summed E-state index contributed by atoms with van der Waals surface area (Å²) in [5, 5.41) is 11.8. The first-order valence-corrected chi connectivity index (χ1v) is 8.90. The monoisotopic (exact) mass is 381 g/mol. The number of anilines is 2. The fourth-order valence-electron chi connectivity index (χ4n) is 3.15. The van der Waals surface area contributed by atoms with Crippen LogP contribution in [0.3, 0.4) is 0 Å². The van der Waals surface area contributed by atoms with Gasteiger partial charge in [0.25, 0.3) is 5.56 Å². The van der Waals surface area contributed by atoms with E-state index in [2.05, 4.69) is 5.32 Å². The summed E-state index contributed by atoms with van der Waals surface area (Å²) in [6.07, 6.45) is 2.39. The number of nitriles is 1. The van der Waals surface area contributed by atoms with Gasteiger partial charge in [0.05, 0.1) is 11.4 Å². The van der Waals surface area contributed by atoms with Gasteiger partial charge < -0.3 is 10.2 Å². The minimum atomic E-state index is -0.810.